The average Bonchev–Trinajstić information content (AvgIpc) is 2.95. The highest BCUT2D eigenvalue weighted by molar-refractivity contribution is 6.31. The normalized spacial score (nSPS) is 19.7. The molecule has 42 heavy (non-hydrogen) atoms. The molecule has 0 spiro atoms. The number of halogens is 2. The number of anilines is 1. The number of phenolic OH excluding ortho intramolecular Hbond substituents is 1. The number of rotatable bonds is 6. The lowest BCUT2D eigenvalue weighted by atomic mass is 9.90. The van der Waals surface area contributed by atoms with Gasteiger partial charge in [0.15, 0.2) is 0 Å². The van der Waals surface area contributed by atoms with Crippen molar-refractivity contribution in [2.45, 2.75) is 45.2 Å². The molecule has 0 saturated carbocycles. The van der Waals surface area contributed by atoms with Crippen LogP contribution in [-0.4, -0.2) is 70.8 Å². The number of hydrogen-bond donors (Lipinski definition) is 2. The zero-order valence-electron chi connectivity index (χ0n) is 24.4. The number of phenols is 1. The Morgan fingerprint density at radius 2 is 2.02 bits per heavy atom. The molecule has 2 amide bonds. The van der Waals surface area contributed by atoms with E-state index in [2.05, 4.69) is 21.9 Å². The van der Waals surface area contributed by atoms with E-state index in [1.165, 1.54) is 29.2 Å². The maximum absolute atomic E-state index is 15.1. The number of benzene rings is 1. The molecule has 11 heteroatoms. The first-order valence-electron chi connectivity index (χ1n) is 13.6. The van der Waals surface area contributed by atoms with Gasteiger partial charge in [-0.15, -0.1) is 0 Å². The molecular weight excluding hydrogens is 559 g/mol. The molecule has 0 radical (unpaired) electrons. The highest BCUT2D eigenvalue weighted by atomic mass is 35.5. The van der Waals surface area contributed by atoms with E-state index in [1.54, 1.807) is 36.4 Å². The molecule has 2 aromatic rings. The molecule has 4 rings (SSSR count). The summed E-state index contributed by atoms with van der Waals surface area (Å²) in [5.74, 6) is -0.268. The molecule has 2 aliphatic heterocycles. The number of nitrogens with one attached hydrogen (secondary N) is 1. The zero-order valence-corrected chi connectivity index (χ0v) is 25.2. The molecule has 9 nitrogen and oxygen atoms in total. The van der Waals surface area contributed by atoms with E-state index in [1.807, 2.05) is 32.6 Å². The van der Waals surface area contributed by atoms with Crippen LogP contribution in [-0.2, 0) is 15.0 Å². The van der Waals surface area contributed by atoms with Gasteiger partial charge in [-0.2, -0.15) is 0 Å². The summed E-state index contributed by atoms with van der Waals surface area (Å²) < 4.78 is 15.1. The molecule has 222 valence electrons. The standard InChI is InChI=1S/C31H36ClFN6O3/c1-7-25(42)37-14-15-38(19(2)17-37)29(34-6)20-16-21(32)27(26-22(33)10-8-12-24(26)41)36-30(20)39(18-40)23-11-9-13-35-28(23)31(3,4)5/h7-13,16,18-19,27,36,41H,1,14-15,17H2,2-6H3. The average molecular weight is 595 g/mol. The van der Waals surface area contributed by atoms with Gasteiger partial charge in [0, 0.05) is 49.4 Å². The van der Waals surface area contributed by atoms with Crippen molar-refractivity contribution in [2.75, 3.05) is 31.6 Å². The molecule has 2 unspecified atom stereocenters. The Bertz CT molecular complexity index is 1460. The van der Waals surface area contributed by atoms with Crippen LogP contribution in [0.2, 0.25) is 0 Å². The van der Waals surface area contributed by atoms with Gasteiger partial charge in [0.25, 0.3) is 0 Å². The number of aliphatic imine (C=N–C) groups is 1. The molecule has 1 saturated heterocycles. The van der Waals surface area contributed by atoms with Crippen molar-refractivity contribution < 1.29 is 19.1 Å². The van der Waals surface area contributed by atoms with E-state index in [9.17, 15) is 14.7 Å². The van der Waals surface area contributed by atoms with Crippen molar-refractivity contribution in [3.8, 4) is 5.75 Å². The molecule has 0 bridgehead atoms. The van der Waals surface area contributed by atoms with E-state index in [0.29, 0.717) is 48.8 Å². The number of pyridine rings is 1. The Morgan fingerprint density at radius 1 is 1.29 bits per heavy atom. The van der Waals surface area contributed by atoms with E-state index < -0.39 is 17.3 Å². The first-order valence-corrected chi connectivity index (χ1v) is 14.0. The molecule has 1 aromatic heterocycles. The minimum Gasteiger partial charge on any atom is -0.507 e. The van der Waals surface area contributed by atoms with Gasteiger partial charge >= 0.3 is 0 Å². The predicted octanol–water partition coefficient (Wildman–Crippen LogP) is 4.61. The summed E-state index contributed by atoms with van der Waals surface area (Å²) in [7, 11) is 1.64. The number of aromatic nitrogens is 1. The van der Waals surface area contributed by atoms with Gasteiger partial charge in [-0.05, 0) is 43.3 Å². The number of amidine groups is 1. The maximum Gasteiger partial charge on any atom is 0.246 e. The Hall–Kier alpha value is -4.18. The summed E-state index contributed by atoms with van der Waals surface area (Å²) >= 11 is 6.81. The zero-order chi connectivity index (χ0) is 30.8. The van der Waals surface area contributed by atoms with Crippen LogP contribution in [0.15, 0.2) is 76.7 Å². The largest absolute Gasteiger partial charge is 0.507 e. The number of hydrogen-bond acceptors (Lipinski definition) is 6. The van der Waals surface area contributed by atoms with E-state index in [-0.39, 0.29) is 34.1 Å². The lowest BCUT2D eigenvalue weighted by Crippen LogP contribution is -2.56. The third kappa shape index (κ3) is 5.90. The summed E-state index contributed by atoms with van der Waals surface area (Å²) in [6, 6.07) is 6.41. The van der Waals surface area contributed by atoms with Crippen LogP contribution in [0, 0.1) is 5.82 Å². The van der Waals surface area contributed by atoms with Crippen LogP contribution in [0.1, 0.15) is 45.0 Å². The second-order valence-corrected chi connectivity index (χ2v) is 11.7. The first-order chi connectivity index (χ1) is 19.9. The number of dihydropyridines is 1. The SMILES string of the molecule is C=CC(=O)N1CCN(C(=NC)C2=C(N(C=O)c3cccnc3C(C)(C)C)NC(c3c(O)cccc3F)C(Cl)=C2)C(C)C1. The van der Waals surface area contributed by atoms with Crippen LogP contribution >= 0.6 is 11.6 Å². The minimum atomic E-state index is -0.999. The van der Waals surface area contributed by atoms with Crippen molar-refractivity contribution in [3.05, 3.63) is 88.8 Å². The Balaban J connectivity index is 1.90. The van der Waals surface area contributed by atoms with Crippen molar-refractivity contribution in [1.29, 1.82) is 0 Å². The molecular formula is C31H36ClFN6O3. The second-order valence-electron chi connectivity index (χ2n) is 11.2. The monoisotopic (exact) mass is 594 g/mol. The van der Waals surface area contributed by atoms with Gasteiger partial charge in [0.1, 0.15) is 23.2 Å². The van der Waals surface area contributed by atoms with Crippen molar-refractivity contribution in [3.63, 3.8) is 0 Å². The lowest BCUT2D eigenvalue weighted by Gasteiger charge is -2.43. The van der Waals surface area contributed by atoms with Gasteiger partial charge in [-0.3, -0.25) is 24.5 Å². The van der Waals surface area contributed by atoms with Gasteiger partial charge in [0.2, 0.25) is 12.3 Å². The number of carbonyl (C=O) groups is 2. The topological polar surface area (TPSA) is 101 Å². The maximum atomic E-state index is 15.1. The van der Waals surface area contributed by atoms with Gasteiger partial charge in [-0.25, -0.2) is 4.39 Å². The number of amides is 2. The molecule has 2 aliphatic rings. The highest BCUT2D eigenvalue weighted by Gasteiger charge is 2.36. The number of aromatic hydroxyl groups is 1. The molecule has 2 atom stereocenters. The molecule has 3 heterocycles. The molecule has 1 aromatic carbocycles. The van der Waals surface area contributed by atoms with E-state index in [4.69, 9.17) is 11.6 Å². The van der Waals surface area contributed by atoms with Gasteiger partial charge in [0.05, 0.1) is 28.6 Å². The Morgan fingerprint density at radius 3 is 2.62 bits per heavy atom. The van der Waals surface area contributed by atoms with Crippen LogP contribution in [0.4, 0.5) is 10.1 Å². The first kappa shape index (κ1) is 30.8. The molecule has 1 fully saturated rings. The fourth-order valence-corrected chi connectivity index (χ4v) is 5.64. The van der Waals surface area contributed by atoms with E-state index >= 15 is 4.39 Å². The van der Waals surface area contributed by atoms with Crippen LogP contribution in [0.5, 0.6) is 5.75 Å². The minimum absolute atomic E-state index is 0.0525. The fraction of sp³-hybridized carbons (Fsp3) is 0.355. The Labute approximate surface area is 250 Å². The number of piperazine rings is 1. The quantitative estimate of drug-likeness (QED) is 0.219. The van der Waals surface area contributed by atoms with Crippen molar-refractivity contribution in [1.82, 2.24) is 20.1 Å². The lowest BCUT2D eigenvalue weighted by molar-refractivity contribution is -0.128. The Kier molecular flexibility index (Phi) is 9.06. The van der Waals surface area contributed by atoms with Gasteiger partial charge < -0.3 is 20.2 Å². The van der Waals surface area contributed by atoms with E-state index in [0.717, 1.165) is 0 Å². The third-order valence-corrected chi connectivity index (χ3v) is 7.68. The van der Waals surface area contributed by atoms with Gasteiger partial charge in [-0.1, -0.05) is 45.0 Å². The second kappa shape index (κ2) is 12.4. The smallest absolute Gasteiger partial charge is 0.246 e. The third-order valence-electron chi connectivity index (χ3n) is 7.35. The highest BCUT2D eigenvalue weighted by Crippen LogP contribution is 2.40. The number of carbonyl (C=O) groups excluding carboxylic acids is 2. The predicted molar refractivity (Wildman–Crippen MR) is 163 cm³/mol. The van der Waals surface area contributed by atoms with Crippen LogP contribution in [0.3, 0.4) is 0 Å². The van der Waals surface area contributed by atoms with Crippen molar-refractivity contribution in [2.24, 2.45) is 4.99 Å². The van der Waals surface area contributed by atoms with Crippen molar-refractivity contribution >= 4 is 35.4 Å². The summed E-state index contributed by atoms with van der Waals surface area (Å²) in [6.07, 6.45) is 5.27. The fourth-order valence-electron chi connectivity index (χ4n) is 5.37. The van der Waals surface area contributed by atoms with Crippen LogP contribution < -0.4 is 10.2 Å². The molecule has 0 aliphatic carbocycles. The summed E-state index contributed by atoms with van der Waals surface area (Å²) in [6.45, 7) is 12.9. The summed E-state index contributed by atoms with van der Waals surface area (Å²) in [5, 5.41) is 14.1. The molecule has 2 N–H and O–H groups in total. The summed E-state index contributed by atoms with van der Waals surface area (Å²) in [5.41, 5.74) is 1.20. The number of nitrogens with zero attached hydrogens (tertiary/aromatic N) is 5. The van der Waals surface area contributed by atoms with Crippen LogP contribution in [0.25, 0.3) is 0 Å². The summed E-state index contributed by atoms with van der Waals surface area (Å²) in [4.78, 5) is 39.6.